The maximum Gasteiger partial charge on any atom is 0.306 e. The summed E-state index contributed by atoms with van der Waals surface area (Å²) < 4.78 is 17.3. The summed E-state index contributed by atoms with van der Waals surface area (Å²) in [5, 5.41) is 0. The molecule has 0 aromatic carbocycles. The van der Waals surface area contributed by atoms with E-state index in [9.17, 15) is 9.59 Å². The number of esters is 2. The van der Waals surface area contributed by atoms with Gasteiger partial charge >= 0.3 is 11.9 Å². The first kappa shape index (κ1) is 54.1. The third kappa shape index (κ3) is 44.8. The zero-order valence-electron chi connectivity index (χ0n) is 37.7. The van der Waals surface area contributed by atoms with Gasteiger partial charge in [-0.05, 0) is 64.2 Å². The fraction of sp³-hybridized carbons (Fsp3) is 0.843. The van der Waals surface area contributed by atoms with Crippen molar-refractivity contribution in [1.82, 2.24) is 0 Å². The van der Waals surface area contributed by atoms with Crippen LogP contribution in [0.2, 0.25) is 0 Å². The Kier molecular flexibility index (Phi) is 45.9. The maximum atomic E-state index is 12.7. The quantitative estimate of drug-likeness (QED) is 0.0349. The van der Waals surface area contributed by atoms with Crippen LogP contribution in [0.15, 0.2) is 36.5 Å². The van der Waals surface area contributed by atoms with Crippen molar-refractivity contribution in [3.05, 3.63) is 36.5 Å². The molecule has 5 nitrogen and oxygen atoms in total. The summed E-state index contributed by atoms with van der Waals surface area (Å²) in [6.45, 7) is 7.74. The molecule has 5 heteroatoms. The van der Waals surface area contributed by atoms with Gasteiger partial charge < -0.3 is 14.2 Å². The van der Waals surface area contributed by atoms with E-state index in [1.165, 1.54) is 154 Å². The highest BCUT2D eigenvalue weighted by atomic mass is 16.6. The van der Waals surface area contributed by atoms with Gasteiger partial charge in [0.05, 0.1) is 6.61 Å². The van der Waals surface area contributed by atoms with Gasteiger partial charge in [0.1, 0.15) is 6.61 Å². The van der Waals surface area contributed by atoms with Gasteiger partial charge in [0, 0.05) is 19.4 Å². The minimum atomic E-state index is -0.540. The van der Waals surface area contributed by atoms with E-state index in [0.29, 0.717) is 19.4 Å². The van der Waals surface area contributed by atoms with Crippen molar-refractivity contribution >= 4 is 11.9 Å². The molecular weight excluding hydrogens is 693 g/mol. The summed E-state index contributed by atoms with van der Waals surface area (Å²) in [4.78, 5) is 25.3. The van der Waals surface area contributed by atoms with Crippen LogP contribution in [-0.2, 0) is 23.8 Å². The zero-order chi connectivity index (χ0) is 40.7. The summed E-state index contributed by atoms with van der Waals surface area (Å²) in [6.07, 6.45) is 55.7. The average molecular weight is 787 g/mol. The Morgan fingerprint density at radius 2 is 0.804 bits per heavy atom. The number of hydrogen-bond acceptors (Lipinski definition) is 5. The number of unbranched alkanes of at least 4 members (excludes halogenated alkanes) is 28. The van der Waals surface area contributed by atoms with E-state index in [4.69, 9.17) is 14.2 Å². The van der Waals surface area contributed by atoms with E-state index in [2.05, 4.69) is 57.2 Å². The van der Waals surface area contributed by atoms with Gasteiger partial charge in [0.15, 0.2) is 6.10 Å². The highest BCUT2D eigenvalue weighted by Crippen LogP contribution is 2.15. The summed E-state index contributed by atoms with van der Waals surface area (Å²) in [5.41, 5.74) is 0. The molecule has 0 aliphatic carbocycles. The van der Waals surface area contributed by atoms with Crippen LogP contribution in [0.25, 0.3) is 0 Å². The van der Waals surface area contributed by atoms with E-state index >= 15 is 0 Å². The van der Waals surface area contributed by atoms with E-state index in [-0.39, 0.29) is 25.2 Å². The molecule has 0 heterocycles. The Labute approximate surface area is 349 Å². The third-order valence-corrected chi connectivity index (χ3v) is 10.6. The molecule has 328 valence electrons. The molecule has 56 heavy (non-hydrogen) atoms. The molecule has 0 radical (unpaired) electrons. The highest BCUT2D eigenvalue weighted by molar-refractivity contribution is 5.70. The first-order valence-electron chi connectivity index (χ1n) is 24.5. The lowest BCUT2D eigenvalue weighted by atomic mass is 10.0. The molecule has 0 aliphatic rings. The van der Waals surface area contributed by atoms with Gasteiger partial charge in [-0.15, -0.1) is 0 Å². The number of carbonyl (C=O) groups excluding carboxylic acids is 2. The SMILES string of the molecule is CCC/C=C\C/C=C\CCCCCCCC(=O)OCC(COCCCCCCCCCCCCCCCCCC)OC(=O)CCCCCCC/C=C\CCCC. The van der Waals surface area contributed by atoms with Crippen molar-refractivity contribution in [3.63, 3.8) is 0 Å². The second kappa shape index (κ2) is 47.5. The molecule has 0 rings (SSSR count). The van der Waals surface area contributed by atoms with Crippen LogP contribution >= 0.6 is 0 Å². The Bertz CT molecular complexity index is 893. The van der Waals surface area contributed by atoms with Crippen molar-refractivity contribution in [2.45, 2.75) is 258 Å². The van der Waals surface area contributed by atoms with Crippen LogP contribution in [-0.4, -0.2) is 37.9 Å². The number of ether oxygens (including phenoxy) is 3. The number of hydrogen-bond donors (Lipinski definition) is 0. The topological polar surface area (TPSA) is 61.8 Å². The van der Waals surface area contributed by atoms with Crippen LogP contribution in [0.4, 0.5) is 0 Å². The Morgan fingerprint density at radius 3 is 1.32 bits per heavy atom. The monoisotopic (exact) mass is 787 g/mol. The molecule has 1 unspecified atom stereocenters. The maximum absolute atomic E-state index is 12.7. The van der Waals surface area contributed by atoms with Gasteiger partial charge in [-0.25, -0.2) is 0 Å². The number of carbonyl (C=O) groups is 2. The van der Waals surface area contributed by atoms with Crippen LogP contribution in [0, 0.1) is 0 Å². The molecule has 0 N–H and O–H groups in total. The molecule has 0 aromatic heterocycles. The summed E-state index contributed by atoms with van der Waals surface area (Å²) >= 11 is 0. The van der Waals surface area contributed by atoms with Crippen LogP contribution in [0.3, 0.4) is 0 Å². The van der Waals surface area contributed by atoms with Crippen LogP contribution in [0.1, 0.15) is 252 Å². The van der Waals surface area contributed by atoms with Crippen molar-refractivity contribution < 1.29 is 23.8 Å². The summed E-state index contributed by atoms with van der Waals surface area (Å²) in [5.74, 6) is -0.415. The predicted octanol–water partition coefficient (Wildman–Crippen LogP) is 16.2. The molecule has 0 bridgehead atoms. The Balaban J connectivity index is 4.23. The van der Waals surface area contributed by atoms with Crippen LogP contribution in [0.5, 0.6) is 0 Å². The second-order valence-corrected chi connectivity index (χ2v) is 16.4. The lowest BCUT2D eigenvalue weighted by molar-refractivity contribution is -0.163. The smallest absolute Gasteiger partial charge is 0.306 e. The summed E-state index contributed by atoms with van der Waals surface area (Å²) in [6, 6.07) is 0. The van der Waals surface area contributed by atoms with Gasteiger partial charge in [-0.1, -0.05) is 211 Å². The molecule has 0 amide bonds. The third-order valence-electron chi connectivity index (χ3n) is 10.6. The molecule has 0 saturated heterocycles. The Morgan fingerprint density at radius 1 is 0.393 bits per heavy atom. The van der Waals surface area contributed by atoms with Gasteiger partial charge in [-0.2, -0.15) is 0 Å². The minimum Gasteiger partial charge on any atom is -0.462 e. The van der Waals surface area contributed by atoms with E-state index in [1.54, 1.807) is 0 Å². The fourth-order valence-electron chi connectivity index (χ4n) is 6.94. The normalized spacial score (nSPS) is 12.4. The van der Waals surface area contributed by atoms with E-state index in [1.807, 2.05) is 0 Å². The number of rotatable bonds is 45. The standard InChI is InChI=1S/C51H94O5/c1-4-7-10-13-16-19-22-24-25-26-28-31-34-37-40-43-46-54-47-49(56-51(53)45-42-39-36-33-29-21-18-15-12-9-6-3)48-55-50(52)44-41-38-35-32-30-27-23-20-17-14-11-8-5-2/h11,14-15,18,20,23,49H,4-10,12-13,16-17,19,21-22,24-48H2,1-3H3/b14-11-,18-15-,23-20-. The van der Waals surface area contributed by atoms with Gasteiger partial charge in [-0.3, -0.25) is 9.59 Å². The van der Waals surface area contributed by atoms with E-state index < -0.39 is 6.10 Å². The lowest BCUT2D eigenvalue weighted by Gasteiger charge is -2.18. The van der Waals surface area contributed by atoms with Crippen molar-refractivity contribution in [3.8, 4) is 0 Å². The van der Waals surface area contributed by atoms with Crippen LogP contribution < -0.4 is 0 Å². The molecule has 0 aliphatic heterocycles. The Hall–Kier alpha value is -1.88. The zero-order valence-corrected chi connectivity index (χ0v) is 37.7. The van der Waals surface area contributed by atoms with Gasteiger partial charge in [0.25, 0.3) is 0 Å². The molecule has 0 aromatic rings. The average Bonchev–Trinajstić information content (AvgIpc) is 3.20. The predicted molar refractivity (Wildman–Crippen MR) is 242 cm³/mol. The molecular formula is C51H94O5. The highest BCUT2D eigenvalue weighted by Gasteiger charge is 2.17. The largest absolute Gasteiger partial charge is 0.462 e. The van der Waals surface area contributed by atoms with Crippen molar-refractivity contribution in [1.29, 1.82) is 0 Å². The lowest BCUT2D eigenvalue weighted by Crippen LogP contribution is -2.30. The minimum absolute atomic E-state index is 0.0786. The van der Waals surface area contributed by atoms with E-state index in [0.717, 1.165) is 64.2 Å². The molecule has 0 saturated carbocycles. The number of allylic oxidation sites excluding steroid dienone is 6. The van der Waals surface area contributed by atoms with Crippen molar-refractivity contribution in [2.24, 2.45) is 0 Å². The first-order chi connectivity index (χ1) is 27.6. The fourth-order valence-corrected chi connectivity index (χ4v) is 6.94. The molecule has 1 atom stereocenters. The second-order valence-electron chi connectivity index (χ2n) is 16.4. The van der Waals surface area contributed by atoms with Crippen molar-refractivity contribution in [2.75, 3.05) is 19.8 Å². The molecule has 0 fully saturated rings. The first-order valence-corrected chi connectivity index (χ1v) is 24.5. The van der Waals surface area contributed by atoms with Gasteiger partial charge in [0.2, 0.25) is 0 Å². The summed E-state index contributed by atoms with van der Waals surface area (Å²) in [7, 11) is 0. The molecule has 0 spiro atoms.